The third kappa shape index (κ3) is 4.04. The van der Waals surface area contributed by atoms with E-state index in [9.17, 15) is 4.79 Å². The highest BCUT2D eigenvalue weighted by Crippen LogP contribution is 2.28. The van der Waals surface area contributed by atoms with Gasteiger partial charge in [-0.3, -0.25) is 4.79 Å². The summed E-state index contributed by atoms with van der Waals surface area (Å²) in [6, 6.07) is 6.18. The molecule has 1 amide bonds. The van der Waals surface area contributed by atoms with Crippen molar-refractivity contribution < 1.29 is 4.79 Å². The van der Waals surface area contributed by atoms with E-state index in [1.807, 2.05) is 33.0 Å². The lowest BCUT2D eigenvalue weighted by Gasteiger charge is -2.18. The van der Waals surface area contributed by atoms with Gasteiger partial charge in [-0.1, -0.05) is 0 Å². The van der Waals surface area contributed by atoms with Gasteiger partial charge in [-0.15, -0.1) is 22.7 Å². The number of halogens is 1. The summed E-state index contributed by atoms with van der Waals surface area (Å²) in [5.41, 5.74) is 4.27. The van der Waals surface area contributed by atoms with Crippen molar-refractivity contribution in [1.29, 1.82) is 0 Å². The molecule has 0 aliphatic rings. The first-order valence-corrected chi connectivity index (χ1v) is 10.4. The van der Waals surface area contributed by atoms with Crippen LogP contribution in [0.2, 0.25) is 0 Å². The van der Waals surface area contributed by atoms with Gasteiger partial charge in [-0.25, -0.2) is 4.98 Å². The molecular formula is C18H20BrN3OS2. The molecule has 25 heavy (non-hydrogen) atoms. The zero-order chi connectivity index (χ0) is 18.1. The quantitative estimate of drug-likeness (QED) is 0.561. The van der Waals surface area contributed by atoms with E-state index >= 15 is 0 Å². The van der Waals surface area contributed by atoms with Crippen molar-refractivity contribution in [2.24, 2.45) is 0 Å². The van der Waals surface area contributed by atoms with E-state index in [0.29, 0.717) is 13.1 Å². The second-order valence-electron chi connectivity index (χ2n) is 6.08. The van der Waals surface area contributed by atoms with Gasteiger partial charge in [-0.05, 0) is 54.9 Å². The molecule has 0 unspecified atom stereocenters. The second-order valence-corrected chi connectivity index (χ2v) is 9.69. The first kappa shape index (κ1) is 18.4. The van der Waals surface area contributed by atoms with Gasteiger partial charge in [0.1, 0.15) is 6.54 Å². The summed E-state index contributed by atoms with van der Waals surface area (Å²) in [6.45, 7) is 7.09. The number of rotatable bonds is 5. The Morgan fingerprint density at radius 3 is 2.68 bits per heavy atom. The number of thiophene rings is 1. The molecule has 0 saturated heterocycles. The summed E-state index contributed by atoms with van der Waals surface area (Å²) in [6.07, 6.45) is 0. The monoisotopic (exact) mass is 437 g/mol. The van der Waals surface area contributed by atoms with Crippen molar-refractivity contribution in [3.05, 3.63) is 48.6 Å². The molecule has 0 fully saturated rings. The molecule has 0 saturated carbocycles. The largest absolute Gasteiger partial charge is 0.339 e. The third-order valence-corrected chi connectivity index (χ3v) is 6.59. The molecule has 0 radical (unpaired) electrons. The molecular weight excluding hydrogens is 418 g/mol. The maximum atomic E-state index is 12.7. The Morgan fingerprint density at radius 2 is 2.08 bits per heavy atom. The standard InChI is InChI=1S/C18H20BrN3OS2/c1-11-7-15(16-10-24-13(3)20-16)12(2)22(11)9-18(23)21(4)8-14-5-6-17(19)25-14/h5-7,10H,8-9H2,1-4H3. The first-order chi connectivity index (χ1) is 11.8. The van der Waals surface area contributed by atoms with Crippen LogP contribution in [0.3, 0.4) is 0 Å². The van der Waals surface area contributed by atoms with Crippen LogP contribution in [0.15, 0.2) is 27.4 Å². The topological polar surface area (TPSA) is 38.1 Å². The fraction of sp³-hybridized carbons (Fsp3) is 0.333. The minimum atomic E-state index is 0.104. The number of aryl methyl sites for hydroxylation is 2. The van der Waals surface area contributed by atoms with E-state index in [0.717, 1.165) is 31.4 Å². The van der Waals surface area contributed by atoms with E-state index in [2.05, 4.69) is 43.9 Å². The van der Waals surface area contributed by atoms with Gasteiger partial charge in [-0.2, -0.15) is 0 Å². The average Bonchev–Trinajstić information content (AvgIpc) is 3.23. The molecule has 4 nitrogen and oxygen atoms in total. The Kier molecular flexibility index (Phi) is 5.46. The number of thiazole rings is 1. The summed E-state index contributed by atoms with van der Waals surface area (Å²) in [4.78, 5) is 20.2. The van der Waals surface area contributed by atoms with Gasteiger partial charge in [0.25, 0.3) is 0 Å². The minimum Gasteiger partial charge on any atom is -0.339 e. The van der Waals surface area contributed by atoms with E-state index in [4.69, 9.17) is 0 Å². The van der Waals surface area contributed by atoms with Gasteiger partial charge in [0.05, 0.1) is 21.0 Å². The van der Waals surface area contributed by atoms with Crippen molar-refractivity contribution in [2.75, 3.05) is 7.05 Å². The van der Waals surface area contributed by atoms with Crippen LogP contribution in [0.4, 0.5) is 0 Å². The van der Waals surface area contributed by atoms with Crippen LogP contribution in [0.25, 0.3) is 11.3 Å². The number of likely N-dealkylation sites (N-methyl/N-ethyl adjacent to an activating group) is 1. The number of hydrogen-bond donors (Lipinski definition) is 0. The Hall–Kier alpha value is -1.44. The highest BCUT2D eigenvalue weighted by atomic mass is 79.9. The summed E-state index contributed by atoms with van der Waals surface area (Å²) < 4.78 is 3.16. The average molecular weight is 438 g/mol. The maximum absolute atomic E-state index is 12.7. The lowest BCUT2D eigenvalue weighted by molar-refractivity contribution is -0.131. The lowest BCUT2D eigenvalue weighted by atomic mass is 10.2. The van der Waals surface area contributed by atoms with Gasteiger partial charge in [0, 0.05) is 34.3 Å². The van der Waals surface area contributed by atoms with Crippen molar-refractivity contribution >= 4 is 44.5 Å². The molecule has 0 bridgehead atoms. The van der Waals surface area contributed by atoms with Crippen LogP contribution >= 0.6 is 38.6 Å². The summed E-state index contributed by atoms with van der Waals surface area (Å²) in [7, 11) is 1.86. The normalized spacial score (nSPS) is 11.1. The highest BCUT2D eigenvalue weighted by molar-refractivity contribution is 9.11. The van der Waals surface area contributed by atoms with Crippen LogP contribution in [-0.2, 0) is 17.9 Å². The molecule has 3 rings (SSSR count). The Balaban J connectivity index is 1.76. The SMILES string of the molecule is Cc1nc(-c2cc(C)n(CC(=O)N(C)Cc3ccc(Br)s3)c2C)cs1. The van der Waals surface area contributed by atoms with Gasteiger partial charge < -0.3 is 9.47 Å². The van der Waals surface area contributed by atoms with E-state index in [-0.39, 0.29) is 5.91 Å². The number of aromatic nitrogens is 2. The molecule has 0 N–H and O–H groups in total. The Bertz CT molecular complexity index is 909. The Labute approximate surface area is 164 Å². The molecule has 0 aliphatic carbocycles. The Morgan fingerprint density at radius 1 is 1.32 bits per heavy atom. The van der Waals surface area contributed by atoms with Crippen molar-refractivity contribution in [3.63, 3.8) is 0 Å². The van der Waals surface area contributed by atoms with Gasteiger partial charge in [0.15, 0.2) is 0 Å². The number of nitrogens with zero attached hydrogens (tertiary/aromatic N) is 3. The molecule has 0 aromatic carbocycles. The second kappa shape index (κ2) is 7.43. The smallest absolute Gasteiger partial charge is 0.242 e. The summed E-state index contributed by atoms with van der Waals surface area (Å²) in [5.74, 6) is 0.104. The maximum Gasteiger partial charge on any atom is 0.242 e. The van der Waals surface area contributed by atoms with Gasteiger partial charge in [0.2, 0.25) is 5.91 Å². The molecule has 0 aliphatic heterocycles. The van der Waals surface area contributed by atoms with Gasteiger partial charge >= 0.3 is 0 Å². The van der Waals surface area contributed by atoms with Crippen molar-refractivity contribution in [1.82, 2.24) is 14.5 Å². The highest BCUT2D eigenvalue weighted by Gasteiger charge is 2.17. The van der Waals surface area contributed by atoms with Crippen LogP contribution < -0.4 is 0 Å². The van der Waals surface area contributed by atoms with Crippen LogP contribution in [0, 0.1) is 20.8 Å². The minimum absolute atomic E-state index is 0.104. The summed E-state index contributed by atoms with van der Waals surface area (Å²) in [5, 5.41) is 3.13. The number of carbonyl (C=O) groups is 1. The molecule has 3 heterocycles. The van der Waals surface area contributed by atoms with Crippen LogP contribution in [0.5, 0.6) is 0 Å². The molecule has 132 valence electrons. The summed E-state index contributed by atoms with van der Waals surface area (Å²) >= 11 is 6.77. The molecule has 7 heteroatoms. The van der Waals surface area contributed by atoms with Crippen molar-refractivity contribution in [3.8, 4) is 11.3 Å². The molecule has 0 atom stereocenters. The van der Waals surface area contributed by atoms with E-state index < -0.39 is 0 Å². The zero-order valence-corrected chi connectivity index (χ0v) is 17.9. The van der Waals surface area contributed by atoms with Crippen LogP contribution in [0.1, 0.15) is 21.3 Å². The van der Waals surface area contributed by atoms with Crippen molar-refractivity contribution in [2.45, 2.75) is 33.9 Å². The fourth-order valence-corrected chi connectivity index (χ4v) is 4.96. The first-order valence-electron chi connectivity index (χ1n) is 7.92. The number of amides is 1. The third-order valence-electron chi connectivity index (χ3n) is 4.21. The van der Waals surface area contributed by atoms with E-state index in [1.54, 1.807) is 27.6 Å². The molecule has 3 aromatic heterocycles. The number of carbonyl (C=O) groups excluding carboxylic acids is 1. The predicted molar refractivity (Wildman–Crippen MR) is 108 cm³/mol. The zero-order valence-electron chi connectivity index (χ0n) is 14.7. The fourth-order valence-electron chi connectivity index (χ4n) is 2.81. The number of hydrogen-bond acceptors (Lipinski definition) is 4. The lowest BCUT2D eigenvalue weighted by Crippen LogP contribution is -2.30. The van der Waals surface area contributed by atoms with Crippen LogP contribution in [-0.4, -0.2) is 27.4 Å². The predicted octanol–water partition coefficient (Wildman–Crippen LogP) is 5.02. The van der Waals surface area contributed by atoms with E-state index in [1.165, 1.54) is 4.88 Å². The molecule has 0 spiro atoms. The molecule has 3 aromatic rings.